The molecular formula is C24H18N4O. The third-order valence-corrected chi connectivity index (χ3v) is 4.66. The summed E-state index contributed by atoms with van der Waals surface area (Å²) in [6.07, 6.45) is 1.50. The third-order valence-electron chi connectivity index (χ3n) is 4.66. The molecule has 2 heterocycles. The van der Waals surface area contributed by atoms with E-state index in [0.29, 0.717) is 22.5 Å². The maximum Gasteiger partial charge on any atom is 0.276 e. The largest absolute Gasteiger partial charge is 0.295 e. The molecule has 0 fully saturated rings. The molecule has 0 saturated heterocycles. The standard InChI is InChI=1S/C24H18N4O/c1-16(2)21-22(27-23-20(14-25)15-26-28(23)24(21)29)19-10-6-9-18(13-19)12-11-17-7-4-3-5-8-17/h3-10,13,15-16,26H,1-2H3. The number of aromatic amines is 1. The van der Waals surface area contributed by atoms with Crippen molar-refractivity contribution in [2.45, 2.75) is 19.8 Å². The van der Waals surface area contributed by atoms with Gasteiger partial charge in [-0.3, -0.25) is 9.89 Å². The number of nitrogens with one attached hydrogen (secondary N) is 1. The van der Waals surface area contributed by atoms with Crippen LogP contribution in [0.15, 0.2) is 65.6 Å². The van der Waals surface area contributed by atoms with Gasteiger partial charge in [-0.05, 0) is 30.2 Å². The summed E-state index contributed by atoms with van der Waals surface area (Å²) < 4.78 is 1.33. The number of fused-ring (bicyclic) bond motifs is 1. The zero-order chi connectivity index (χ0) is 20.4. The van der Waals surface area contributed by atoms with E-state index < -0.39 is 0 Å². The molecule has 2 aromatic carbocycles. The monoisotopic (exact) mass is 378 g/mol. The molecule has 2 aromatic heterocycles. The lowest BCUT2D eigenvalue weighted by molar-refractivity contribution is 0.797. The van der Waals surface area contributed by atoms with Crippen molar-refractivity contribution in [2.24, 2.45) is 0 Å². The number of benzene rings is 2. The van der Waals surface area contributed by atoms with Crippen molar-refractivity contribution in [3.05, 3.63) is 93.4 Å². The maximum absolute atomic E-state index is 13.0. The van der Waals surface area contributed by atoms with Crippen LogP contribution in [0.5, 0.6) is 0 Å². The highest BCUT2D eigenvalue weighted by Gasteiger charge is 2.19. The Morgan fingerprint density at radius 1 is 1.03 bits per heavy atom. The molecule has 29 heavy (non-hydrogen) atoms. The van der Waals surface area contributed by atoms with Gasteiger partial charge < -0.3 is 0 Å². The number of hydrogen-bond acceptors (Lipinski definition) is 3. The Hall–Kier alpha value is -4.09. The predicted octanol–water partition coefficient (Wildman–Crippen LogP) is 4.08. The second kappa shape index (κ2) is 7.50. The first kappa shape index (κ1) is 18.3. The van der Waals surface area contributed by atoms with Gasteiger partial charge in [0.15, 0.2) is 5.65 Å². The van der Waals surface area contributed by atoms with Gasteiger partial charge in [-0.25, -0.2) is 9.50 Å². The van der Waals surface area contributed by atoms with Gasteiger partial charge in [0.25, 0.3) is 5.56 Å². The Kier molecular flexibility index (Phi) is 4.73. The normalized spacial score (nSPS) is 10.6. The van der Waals surface area contributed by atoms with Gasteiger partial charge in [0.1, 0.15) is 11.6 Å². The summed E-state index contributed by atoms with van der Waals surface area (Å²) in [5.41, 5.74) is 4.23. The number of aromatic nitrogens is 3. The molecule has 5 heteroatoms. The smallest absolute Gasteiger partial charge is 0.276 e. The molecule has 0 radical (unpaired) electrons. The quantitative estimate of drug-likeness (QED) is 0.534. The molecule has 0 atom stereocenters. The molecule has 140 valence electrons. The molecule has 0 amide bonds. The molecule has 4 rings (SSSR count). The zero-order valence-electron chi connectivity index (χ0n) is 16.1. The Labute approximate surface area is 168 Å². The van der Waals surface area contributed by atoms with Gasteiger partial charge in [0.05, 0.1) is 5.69 Å². The molecule has 1 N–H and O–H groups in total. The van der Waals surface area contributed by atoms with Crippen molar-refractivity contribution in [3.8, 4) is 29.2 Å². The van der Waals surface area contributed by atoms with Gasteiger partial charge in [-0.1, -0.05) is 56.0 Å². The van der Waals surface area contributed by atoms with Crippen molar-refractivity contribution < 1.29 is 0 Å². The number of nitrogens with zero attached hydrogens (tertiary/aromatic N) is 3. The highest BCUT2D eigenvalue weighted by molar-refractivity contribution is 5.69. The van der Waals surface area contributed by atoms with Crippen LogP contribution in [-0.4, -0.2) is 14.6 Å². The first-order valence-corrected chi connectivity index (χ1v) is 9.30. The van der Waals surface area contributed by atoms with Crippen molar-refractivity contribution in [1.29, 1.82) is 5.26 Å². The topological polar surface area (TPSA) is 73.9 Å². The van der Waals surface area contributed by atoms with Gasteiger partial charge in [-0.2, -0.15) is 5.26 Å². The van der Waals surface area contributed by atoms with E-state index in [1.807, 2.05) is 68.4 Å². The van der Waals surface area contributed by atoms with E-state index >= 15 is 0 Å². The fourth-order valence-electron chi connectivity index (χ4n) is 3.26. The second-order valence-electron chi connectivity index (χ2n) is 6.99. The van der Waals surface area contributed by atoms with E-state index in [1.165, 1.54) is 10.7 Å². The minimum Gasteiger partial charge on any atom is -0.295 e. The highest BCUT2D eigenvalue weighted by atomic mass is 16.1. The minimum atomic E-state index is -0.192. The lowest BCUT2D eigenvalue weighted by Gasteiger charge is -2.12. The summed E-state index contributed by atoms with van der Waals surface area (Å²) >= 11 is 0. The predicted molar refractivity (Wildman–Crippen MR) is 112 cm³/mol. The van der Waals surface area contributed by atoms with Crippen LogP contribution in [0.2, 0.25) is 0 Å². The maximum atomic E-state index is 13.0. The summed E-state index contributed by atoms with van der Waals surface area (Å²) in [4.78, 5) is 17.7. The van der Waals surface area contributed by atoms with Crippen LogP contribution in [0, 0.1) is 23.2 Å². The fourth-order valence-corrected chi connectivity index (χ4v) is 3.26. The minimum absolute atomic E-state index is 0.0326. The van der Waals surface area contributed by atoms with Crippen molar-refractivity contribution in [1.82, 2.24) is 14.6 Å². The summed E-state index contributed by atoms with van der Waals surface area (Å²) in [6.45, 7) is 3.92. The SMILES string of the molecule is CC(C)c1c(-c2cccc(C#Cc3ccccc3)c2)nc2c(C#N)c[nH]n2c1=O. The van der Waals surface area contributed by atoms with Crippen LogP contribution in [0.25, 0.3) is 16.9 Å². The van der Waals surface area contributed by atoms with Crippen LogP contribution >= 0.6 is 0 Å². The van der Waals surface area contributed by atoms with Gasteiger partial charge >= 0.3 is 0 Å². The lowest BCUT2D eigenvalue weighted by atomic mass is 9.97. The molecule has 5 nitrogen and oxygen atoms in total. The van der Waals surface area contributed by atoms with E-state index in [0.717, 1.165) is 16.7 Å². The number of rotatable bonds is 2. The Morgan fingerprint density at radius 2 is 1.76 bits per heavy atom. The first-order valence-electron chi connectivity index (χ1n) is 9.30. The number of hydrogen-bond donors (Lipinski definition) is 1. The molecule has 0 aliphatic heterocycles. The number of nitriles is 1. The summed E-state index contributed by atoms with van der Waals surface area (Å²) in [6, 6.07) is 19.5. The summed E-state index contributed by atoms with van der Waals surface area (Å²) in [7, 11) is 0. The van der Waals surface area contributed by atoms with Crippen molar-refractivity contribution in [2.75, 3.05) is 0 Å². The number of H-pyrrole nitrogens is 1. The zero-order valence-corrected chi connectivity index (χ0v) is 16.1. The van der Waals surface area contributed by atoms with E-state index in [1.54, 1.807) is 0 Å². The summed E-state index contributed by atoms with van der Waals surface area (Å²) in [5.74, 6) is 6.28. The van der Waals surface area contributed by atoms with Crippen LogP contribution in [0.3, 0.4) is 0 Å². The molecule has 4 aromatic rings. The molecule has 0 spiro atoms. The molecule has 0 saturated carbocycles. The average molecular weight is 378 g/mol. The third kappa shape index (κ3) is 3.42. The highest BCUT2D eigenvalue weighted by Crippen LogP contribution is 2.26. The van der Waals surface area contributed by atoms with Crippen LogP contribution in [0.4, 0.5) is 0 Å². The summed E-state index contributed by atoms with van der Waals surface area (Å²) in [5, 5.41) is 12.2. The Balaban J connectivity index is 1.89. The molecular weight excluding hydrogens is 360 g/mol. The first-order chi connectivity index (χ1) is 14.1. The molecule has 0 aliphatic rings. The van der Waals surface area contributed by atoms with Crippen molar-refractivity contribution in [3.63, 3.8) is 0 Å². The van der Waals surface area contributed by atoms with E-state index in [4.69, 9.17) is 0 Å². The van der Waals surface area contributed by atoms with Gasteiger partial charge in [0, 0.05) is 28.5 Å². The Morgan fingerprint density at radius 3 is 2.48 bits per heavy atom. The van der Waals surface area contributed by atoms with Crippen molar-refractivity contribution >= 4 is 5.65 Å². The second-order valence-corrected chi connectivity index (χ2v) is 6.99. The lowest BCUT2D eigenvalue weighted by Crippen LogP contribution is -2.22. The van der Waals surface area contributed by atoms with E-state index in [-0.39, 0.29) is 11.5 Å². The molecule has 0 aliphatic carbocycles. The molecule has 0 bridgehead atoms. The van der Waals surface area contributed by atoms with E-state index in [9.17, 15) is 10.1 Å². The van der Waals surface area contributed by atoms with Gasteiger partial charge in [0.2, 0.25) is 0 Å². The fraction of sp³-hybridized carbons (Fsp3) is 0.125. The van der Waals surface area contributed by atoms with Gasteiger partial charge in [-0.15, -0.1) is 0 Å². The van der Waals surface area contributed by atoms with Crippen LogP contribution in [-0.2, 0) is 0 Å². The van der Waals surface area contributed by atoms with Crippen LogP contribution < -0.4 is 5.56 Å². The van der Waals surface area contributed by atoms with Crippen LogP contribution in [0.1, 0.15) is 42.0 Å². The molecule has 0 unspecified atom stereocenters. The van der Waals surface area contributed by atoms with E-state index in [2.05, 4.69) is 28.0 Å². The Bertz CT molecular complexity index is 1360. The average Bonchev–Trinajstić information content (AvgIpc) is 3.16.